The predicted octanol–water partition coefficient (Wildman–Crippen LogP) is 2.09. The van der Waals surface area contributed by atoms with Gasteiger partial charge < -0.3 is 0 Å². The third kappa shape index (κ3) is 1.33. The topological polar surface area (TPSA) is 17.1 Å². The molecule has 0 atom stereocenters. The van der Waals surface area contributed by atoms with Crippen molar-refractivity contribution in [2.24, 2.45) is 0 Å². The molecule has 0 spiro atoms. The van der Waals surface area contributed by atoms with Gasteiger partial charge in [0, 0.05) is 5.56 Å². The summed E-state index contributed by atoms with van der Waals surface area (Å²) in [6.45, 7) is 0. The number of hydrogen-bond donors (Lipinski definition) is 0. The van der Waals surface area contributed by atoms with Crippen molar-refractivity contribution in [1.29, 1.82) is 0 Å². The standard InChI is InChI=1S/C7H3ClFO/c8-6-3-5(4-10)1-2-7(6)9/h2-4H. The summed E-state index contributed by atoms with van der Waals surface area (Å²) in [4.78, 5) is 10.1. The van der Waals surface area contributed by atoms with Gasteiger partial charge in [0.15, 0.2) is 6.29 Å². The van der Waals surface area contributed by atoms with Gasteiger partial charge in [0.2, 0.25) is 0 Å². The summed E-state index contributed by atoms with van der Waals surface area (Å²) in [5.74, 6) is -0.563. The van der Waals surface area contributed by atoms with E-state index in [2.05, 4.69) is 6.07 Å². The fourth-order valence-electron chi connectivity index (χ4n) is 0.531. The van der Waals surface area contributed by atoms with Gasteiger partial charge in [0.05, 0.1) is 5.02 Å². The van der Waals surface area contributed by atoms with Crippen LogP contribution in [0.2, 0.25) is 5.02 Å². The van der Waals surface area contributed by atoms with E-state index in [-0.39, 0.29) is 10.6 Å². The molecule has 10 heavy (non-hydrogen) atoms. The molecular weight excluding hydrogens is 155 g/mol. The van der Waals surface area contributed by atoms with Gasteiger partial charge in [-0.05, 0) is 18.2 Å². The summed E-state index contributed by atoms with van der Waals surface area (Å²) >= 11 is 5.34. The van der Waals surface area contributed by atoms with Gasteiger partial charge in [-0.2, -0.15) is 0 Å². The SMILES string of the molecule is O=Cc1[c]cc(F)c(Cl)c1. The first-order valence-corrected chi connectivity index (χ1v) is 2.94. The van der Waals surface area contributed by atoms with E-state index < -0.39 is 5.82 Å². The largest absolute Gasteiger partial charge is 0.298 e. The molecule has 1 nitrogen and oxygen atoms in total. The minimum atomic E-state index is -0.563. The van der Waals surface area contributed by atoms with E-state index in [1.165, 1.54) is 6.07 Å². The van der Waals surface area contributed by atoms with E-state index in [1.54, 1.807) is 0 Å². The molecule has 0 unspecified atom stereocenters. The summed E-state index contributed by atoms with van der Waals surface area (Å²) in [5.41, 5.74) is 0.256. The fourth-order valence-corrected chi connectivity index (χ4v) is 0.703. The van der Waals surface area contributed by atoms with Crippen molar-refractivity contribution in [1.82, 2.24) is 0 Å². The lowest BCUT2D eigenvalue weighted by Gasteiger charge is -1.91. The Hall–Kier alpha value is -0.890. The van der Waals surface area contributed by atoms with Crippen LogP contribution in [0.5, 0.6) is 0 Å². The monoisotopic (exact) mass is 157 g/mol. The number of halogens is 2. The van der Waals surface area contributed by atoms with E-state index in [9.17, 15) is 9.18 Å². The average molecular weight is 158 g/mol. The van der Waals surface area contributed by atoms with Crippen LogP contribution in [0.1, 0.15) is 10.4 Å². The Bertz CT molecular complexity index is 260. The van der Waals surface area contributed by atoms with Gasteiger partial charge in [0.25, 0.3) is 0 Å². The highest BCUT2D eigenvalue weighted by molar-refractivity contribution is 6.30. The smallest absolute Gasteiger partial charge is 0.150 e. The molecule has 0 amide bonds. The van der Waals surface area contributed by atoms with Crippen LogP contribution < -0.4 is 0 Å². The van der Waals surface area contributed by atoms with E-state index in [4.69, 9.17) is 11.6 Å². The minimum absolute atomic E-state index is 0.0548. The number of hydrogen-bond acceptors (Lipinski definition) is 1. The summed E-state index contributed by atoms with van der Waals surface area (Å²) in [6, 6.07) is 4.66. The normalized spacial score (nSPS) is 9.40. The molecule has 0 saturated carbocycles. The van der Waals surface area contributed by atoms with Gasteiger partial charge in [-0.15, -0.1) is 0 Å². The van der Waals surface area contributed by atoms with Crippen molar-refractivity contribution in [3.05, 3.63) is 34.6 Å². The van der Waals surface area contributed by atoms with Crippen LogP contribution in [0.3, 0.4) is 0 Å². The second-order valence-corrected chi connectivity index (χ2v) is 2.11. The van der Waals surface area contributed by atoms with E-state index in [0.717, 1.165) is 6.07 Å². The van der Waals surface area contributed by atoms with Crippen molar-refractivity contribution < 1.29 is 9.18 Å². The zero-order valence-electron chi connectivity index (χ0n) is 4.90. The first-order chi connectivity index (χ1) is 4.74. The molecule has 0 saturated heterocycles. The third-order valence-electron chi connectivity index (χ3n) is 1.00. The zero-order valence-corrected chi connectivity index (χ0v) is 5.65. The molecule has 3 heteroatoms. The van der Waals surface area contributed by atoms with Crippen LogP contribution in [0.15, 0.2) is 12.1 Å². The molecule has 1 aromatic carbocycles. The van der Waals surface area contributed by atoms with E-state index >= 15 is 0 Å². The van der Waals surface area contributed by atoms with Gasteiger partial charge in [-0.25, -0.2) is 4.39 Å². The highest BCUT2D eigenvalue weighted by Gasteiger charge is 1.98. The van der Waals surface area contributed by atoms with Crippen LogP contribution in [0.25, 0.3) is 0 Å². The number of aldehydes is 1. The molecule has 0 aliphatic carbocycles. The van der Waals surface area contributed by atoms with Crippen LogP contribution in [-0.2, 0) is 0 Å². The quantitative estimate of drug-likeness (QED) is 0.571. The molecule has 0 aliphatic rings. The molecule has 1 aromatic rings. The Kier molecular flexibility index (Phi) is 2.02. The molecule has 0 aliphatic heterocycles. The van der Waals surface area contributed by atoms with Crippen LogP contribution >= 0.6 is 11.6 Å². The second-order valence-electron chi connectivity index (χ2n) is 1.70. The summed E-state index contributed by atoms with van der Waals surface area (Å²) in [7, 11) is 0. The van der Waals surface area contributed by atoms with E-state index in [1.807, 2.05) is 0 Å². The lowest BCUT2D eigenvalue weighted by atomic mass is 10.2. The van der Waals surface area contributed by atoms with Crippen LogP contribution in [-0.4, -0.2) is 6.29 Å². The second kappa shape index (κ2) is 2.80. The summed E-state index contributed by atoms with van der Waals surface area (Å²) < 4.78 is 12.4. The first kappa shape index (κ1) is 7.22. The molecule has 0 bridgehead atoms. The molecule has 1 rings (SSSR count). The van der Waals surface area contributed by atoms with Crippen LogP contribution in [0, 0.1) is 11.9 Å². The Morgan fingerprint density at radius 3 is 2.90 bits per heavy atom. The maximum absolute atomic E-state index is 12.4. The highest BCUT2D eigenvalue weighted by Crippen LogP contribution is 2.13. The van der Waals surface area contributed by atoms with Gasteiger partial charge in [-0.3, -0.25) is 4.79 Å². The lowest BCUT2D eigenvalue weighted by Crippen LogP contribution is -1.82. The van der Waals surface area contributed by atoms with Crippen molar-refractivity contribution in [2.75, 3.05) is 0 Å². The first-order valence-electron chi connectivity index (χ1n) is 2.56. The summed E-state index contributed by atoms with van der Waals surface area (Å²) in [5, 5.41) is -0.0548. The molecule has 0 N–H and O–H groups in total. The van der Waals surface area contributed by atoms with Crippen molar-refractivity contribution in [2.45, 2.75) is 0 Å². The minimum Gasteiger partial charge on any atom is -0.298 e. The van der Waals surface area contributed by atoms with Crippen LogP contribution in [0.4, 0.5) is 4.39 Å². The Balaban J connectivity index is 3.16. The maximum Gasteiger partial charge on any atom is 0.150 e. The van der Waals surface area contributed by atoms with Crippen molar-refractivity contribution in [3.8, 4) is 0 Å². The fraction of sp³-hybridized carbons (Fsp3) is 0. The number of benzene rings is 1. The van der Waals surface area contributed by atoms with Gasteiger partial charge in [0.1, 0.15) is 5.82 Å². The zero-order chi connectivity index (χ0) is 7.56. The predicted molar refractivity (Wildman–Crippen MR) is 35.6 cm³/mol. The third-order valence-corrected chi connectivity index (χ3v) is 1.29. The average Bonchev–Trinajstić information content (AvgIpc) is 1.95. The van der Waals surface area contributed by atoms with Crippen molar-refractivity contribution >= 4 is 17.9 Å². The Morgan fingerprint density at radius 2 is 2.40 bits per heavy atom. The van der Waals surface area contributed by atoms with Gasteiger partial charge >= 0.3 is 0 Å². The van der Waals surface area contributed by atoms with Gasteiger partial charge in [-0.1, -0.05) is 11.6 Å². The lowest BCUT2D eigenvalue weighted by molar-refractivity contribution is 0.112. The molecule has 1 radical (unpaired) electrons. The van der Waals surface area contributed by atoms with E-state index in [0.29, 0.717) is 6.29 Å². The molecule has 0 heterocycles. The molecule has 0 fully saturated rings. The maximum atomic E-state index is 12.4. The molecule has 0 aromatic heterocycles. The number of rotatable bonds is 1. The highest BCUT2D eigenvalue weighted by atomic mass is 35.5. The summed E-state index contributed by atoms with van der Waals surface area (Å²) in [6.07, 6.45) is 0.561. The molecular formula is C7H3ClFO. The Labute approximate surface area is 62.4 Å². The number of carbonyl (C=O) groups is 1. The Morgan fingerprint density at radius 1 is 1.70 bits per heavy atom. The molecule has 51 valence electrons. The van der Waals surface area contributed by atoms with Crippen molar-refractivity contribution in [3.63, 3.8) is 0 Å². The number of carbonyl (C=O) groups excluding carboxylic acids is 1.